The summed E-state index contributed by atoms with van der Waals surface area (Å²) in [5.41, 5.74) is 1.06. The lowest BCUT2D eigenvalue weighted by molar-refractivity contribution is -0.136. The molecule has 1 saturated carbocycles. The standard InChI is InChI=1S/C15H21NO4/c1-9-3-5-11(6-4-9)16-15(19)14-10(2)8-20-12(14)7-13(17)18/h8-9,11H,3-7H2,1-2H3,(H,16,19)(H,17,18). The first-order valence-electron chi connectivity index (χ1n) is 7.07. The Kier molecular flexibility index (Phi) is 4.47. The number of carbonyl (C=O) groups excluding carboxylic acids is 1. The molecule has 2 N–H and O–H groups in total. The van der Waals surface area contributed by atoms with Crippen LogP contribution >= 0.6 is 0 Å². The van der Waals surface area contributed by atoms with Crippen LogP contribution < -0.4 is 5.32 Å². The molecule has 0 saturated heterocycles. The van der Waals surface area contributed by atoms with Crippen LogP contribution in [-0.2, 0) is 11.2 Å². The SMILES string of the molecule is Cc1coc(CC(=O)O)c1C(=O)NC1CCC(C)CC1. The Morgan fingerprint density at radius 1 is 1.35 bits per heavy atom. The second-order valence-electron chi connectivity index (χ2n) is 5.72. The molecule has 0 aliphatic heterocycles. The van der Waals surface area contributed by atoms with E-state index in [9.17, 15) is 9.59 Å². The van der Waals surface area contributed by atoms with Gasteiger partial charge in [0.25, 0.3) is 5.91 Å². The summed E-state index contributed by atoms with van der Waals surface area (Å²) in [4.78, 5) is 23.1. The Balaban J connectivity index is 2.05. The first-order valence-corrected chi connectivity index (χ1v) is 7.07. The molecule has 110 valence electrons. The van der Waals surface area contributed by atoms with E-state index >= 15 is 0 Å². The minimum atomic E-state index is -1.00. The zero-order chi connectivity index (χ0) is 14.7. The zero-order valence-electron chi connectivity index (χ0n) is 11.9. The predicted octanol–water partition coefficient (Wildman–Crippen LogP) is 2.52. The Hall–Kier alpha value is -1.78. The van der Waals surface area contributed by atoms with Crippen molar-refractivity contribution in [1.29, 1.82) is 0 Å². The van der Waals surface area contributed by atoms with Crippen molar-refractivity contribution >= 4 is 11.9 Å². The summed E-state index contributed by atoms with van der Waals surface area (Å²) in [7, 11) is 0. The van der Waals surface area contributed by atoms with E-state index in [1.807, 2.05) is 0 Å². The molecular weight excluding hydrogens is 258 g/mol. The highest BCUT2D eigenvalue weighted by atomic mass is 16.4. The van der Waals surface area contributed by atoms with E-state index in [0.29, 0.717) is 11.1 Å². The van der Waals surface area contributed by atoms with E-state index in [0.717, 1.165) is 31.6 Å². The summed E-state index contributed by atoms with van der Waals surface area (Å²) in [6.45, 7) is 3.98. The van der Waals surface area contributed by atoms with Gasteiger partial charge in [-0.2, -0.15) is 0 Å². The summed E-state index contributed by atoms with van der Waals surface area (Å²) in [5.74, 6) is -0.259. The summed E-state index contributed by atoms with van der Waals surface area (Å²) in [5, 5.41) is 11.8. The molecule has 0 unspecified atom stereocenters. The second kappa shape index (κ2) is 6.11. The van der Waals surface area contributed by atoms with E-state index in [2.05, 4.69) is 12.2 Å². The monoisotopic (exact) mass is 279 g/mol. The molecular formula is C15H21NO4. The largest absolute Gasteiger partial charge is 0.481 e. The van der Waals surface area contributed by atoms with Crippen LogP contribution in [-0.4, -0.2) is 23.0 Å². The molecule has 0 radical (unpaired) electrons. The van der Waals surface area contributed by atoms with Crippen molar-refractivity contribution in [2.45, 2.75) is 52.0 Å². The molecule has 2 rings (SSSR count). The van der Waals surface area contributed by atoms with Crippen molar-refractivity contribution in [2.75, 3.05) is 0 Å². The Morgan fingerprint density at radius 3 is 2.60 bits per heavy atom. The van der Waals surface area contributed by atoms with Gasteiger partial charge in [0.15, 0.2) is 0 Å². The first kappa shape index (κ1) is 14.6. The van der Waals surface area contributed by atoms with Crippen LogP contribution in [0, 0.1) is 12.8 Å². The van der Waals surface area contributed by atoms with Crippen molar-refractivity contribution < 1.29 is 19.1 Å². The predicted molar refractivity (Wildman–Crippen MR) is 73.7 cm³/mol. The van der Waals surface area contributed by atoms with Crippen molar-refractivity contribution in [2.24, 2.45) is 5.92 Å². The molecule has 1 fully saturated rings. The normalized spacial score (nSPS) is 22.5. The maximum Gasteiger partial charge on any atom is 0.311 e. The molecule has 0 atom stereocenters. The zero-order valence-corrected chi connectivity index (χ0v) is 11.9. The van der Waals surface area contributed by atoms with Gasteiger partial charge in [-0.3, -0.25) is 9.59 Å². The molecule has 5 heteroatoms. The number of aliphatic carboxylic acids is 1. The van der Waals surface area contributed by atoms with Gasteiger partial charge in [-0.05, 0) is 38.5 Å². The van der Waals surface area contributed by atoms with Crippen molar-refractivity contribution in [3.05, 3.63) is 23.2 Å². The van der Waals surface area contributed by atoms with Crippen LogP contribution in [0.25, 0.3) is 0 Å². The number of carboxylic acids is 1. The van der Waals surface area contributed by atoms with Crippen molar-refractivity contribution in [3.63, 3.8) is 0 Å². The van der Waals surface area contributed by atoms with E-state index in [4.69, 9.17) is 9.52 Å². The van der Waals surface area contributed by atoms with Crippen LogP contribution in [0.5, 0.6) is 0 Å². The topological polar surface area (TPSA) is 79.5 Å². The summed E-state index contributed by atoms with van der Waals surface area (Å²) < 4.78 is 5.19. The summed E-state index contributed by atoms with van der Waals surface area (Å²) in [6, 6.07) is 0.186. The molecule has 5 nitrogen and oxygen atoms in total. The third-order valence-electron chi connectivity index (χ3n) is 3.94. The minimum Gasteiger partial charge on any atom is -0.481 e. The lowest BCUT2D eigenvalue weighted by Crippen LogP contribution is -2.37. The van der Waals surface area contributed by atoms with Gasteiger partial charge in [0.2, 0.25) is 0 Å². The van der Waals surface area contributed by atoms with Crippen LogP contribution in [0.1, 0.15) is 54.3 Å². The van der Waals surface area contributed by atoms with Gasteiger partial charge in [-0.25, -0.2) is 0 Å². The van der Waals surface area contributed by atoms with Gasteiger partial charge in [-0.1, -0.05) is 6.92 Å². The average Bonchev–Trinajstić information content (AvgIpc) is 2.72. The summed E-state index contributed by atoms with van der Waals surface area (Å²) in [6.07, 6.45) is 5.39. The lowest BCUT2D eigenvalue weighted by Gasteiger charge is -2.26. The quantitative estimate of drug-likeness (QED) is 0.887. The number of amides is 1. The van der Waals surface area contributed by atoms with Crippen LogP contribution in [0.4, 0.5) is 0 Å². The second-order valence-corrected chi connectivity index (χ2v) is 5.72. The van der Waals surface area contributed by atoms with Crippen LogP contribution in [0.3, 0.4) is 0 Å². The third kappa shape index (κ3) is 3.40. The molecule has 1 aromatic heterocycles. The minimum absolute atomic E-state index is 0.186. The van der Waals surface area contributed by atoms with Crippen LogP contribution in [0.15, 0.2) is 10.7 Å². The number of furan rings is 1. The van der Waals surface area contributed by atoms with Crippen LogP contribution in [0.2, 0.25) is 0 Å². The first-order chi connectivity index (χ1) is 9.47. The fraction of sp³-hybridized carbons (Fsp3) is 0.600. The Bertz CT molecular complexity index is 498. The van der Waals surface area contributed by atoms with E-state index in [1.165, 1.54) is 6.26 Å². The fourth-order valence-corrected chi connectivity index (χ4v) is 2.73. The molecule has 1 heterocycles. The van der Waals surface area contributed by atoms with Gasteiger partial charge in [0, 0.05) is 11.6 Å². The number of carbonyl (C=O) groups is 2. The Labute approximate surface area is 118 Å². The number of nitrogens with one attached hydrogen (secondary N) is 1. The molecule has 1 aromatic rings. The van der Waals surface area contributed by atoms with Gasteiger partial charge in [-0.15, -0.1) is 0 Å². The van der Waals surface area contributed by atoms with Gasteiger partial charge < -0.3 is 14.8 Å². The maximum atomic E-state index is 12.3. The third-order valence-corrected chi connectivity index (χ3v) is 3.94. The van der Waals surface area contributed by atoms with Gasteiger partial charge >= 0.3 is 5.97 Å². The lowest BCUT2D eigenvalue weighted by atomic mass is 9.87. The highest BCUT2D eigenvalue weighted by molar-refractivity contribution is 5.97. The highest BCUT2D eigenvalue weighted by Gasteiger charge is 2.24. The number of carboxylic acid groups (broad SMARTS) is 1. The maximum absolute atomic E-state index is 12.3. The molecule has 1 aliphatic rings. The number of rotatable bonds is 4. The average molecular weight is 279 g/mol. The smallest absolute Gasteiger partial charge is 0.311 e. The molecule has 1 amide bonds. The molecule has 0 aromatic carbocycles. The number of aryl methyl sites for hydroxylation is 1. The summed E-state index contributed by atoms with van der Waals surface area (Å²) >= 11 is 0. The van der Waals surface area contributed by atoms with Gasteiger partial charge in [0.1, 0.15) is 12.2 Å². The van der Waals surface area contributed by atoms with E-state index < -0.39 is 5.97 Å². The van der Waals surface area contributed by atoms with Crippen molar-refractivity contribution in [3.8, 4) is 0 Å². The van der Waals surface area contributed by atoms with Crippen molar-refractivity contribution in [1.82, 2.24) is 5.32 Å². The Morgan fingerprint density at radius 2 is 2.00 bits per heavy atom. The molecule has 20 heavy (non-hydrogen) atoms. The number of hydrogen-bond acceptors (Lipinski definition) is 3. The molecule has 1 aliphatic carbocycles. The van der Waals surface area contributed by atoms with Gasteiger partial charge in [0.05, 0.1) is 11.8 Å². The fourth-order valence-electron chi connectivity index (χ4n) is 2.73. The molecule has 0 bridgehead atoms. The highest BCUT2D eigenvalue weighted by Crippen LogP contribution is 2.24. The number of hydrogen-bond donors (Lipinski definition) is 2. The molecule has 0 spiro atoms. The van der Waals surface area contributed by atoms with E-state index in [-0.39, 0.29) is 24.1 Å². The van der Waals surface area contributed by atoms with E-state index in [1.54, 1.807) is 6.92 Å².